The number of hydrogen-bond donors (Lipinski definition) is 1. The van der Waals surface area contributed by atoms with E-state index < -0.39 is 36.4 Å². The molecule has 2 fully saturated rings. The minimum atomic E-state index is -1.14. The largest absolute Gasteiger partial charge is 0.495 e. The Morgan fingerprint density at radius 2 is 1.60 bits per heavy atom. The van der Waals surface area contributed by atoms with E-state index in [4.69, 9.17) is 9.47 Å². The second kappa shape index (κ2) is 9.37. The second-order valence-electron chi connectivity index (χ2n) is 9.11. The van der Waals surface area contributed by atoms with Crippen LogP contribution in [0.25, 0.3) is 0 Å². The van der Waals surface area contributed by atoms with Crippen LogP contribution in [-0.2, 0) is 30.3 Å². The molecule has 1 aliphatic heterocycles. The zero-order valence-electron chi connectivity index (χ0n) is 19.3. The van der Waals surface area contributed by atoms with E-state index in [1.165, 1.54) is 7.11 Å². The van der Waals surface area contributed by atoms with Gasteiger partial charge < -0.3 is 14.8 Å². The zero-order valence-corrected chi connectivity index (χ0v) is 19.3. The van der Waals surface area contributed by atoms with E-state index in [-0.39, 0.29) is 30.1 Å². The van der Waals surface area contributed by atoms with Crippen LogP contribution in [0.5, 0.6) is 5.75 Å². The molecule has 0 unspecified atom stereocenters. The lowest BCUT2D eigenvalue weighted by Crippen LogP contribution is -2.48. The highest BCUT2D eigenvalue weighted by Gasteiger charge is 2.61. The van der Waals surface area contributed by atoms with Crippen molar-refractivity contribution in [3.05, 3.63) is 72.3 Å². The number of para-hydroxylation sites is 2. The molecule has 1 heterocycles. The molecule has 2 bridgehead atoms. The van der Waals surface area contributed by atoms with Gasteiger partial charge in [0.05, 0.1) is 24.6 Å². The van der Waals surface area contributed by atoms with Crippen LogP contribution in [0.2, 0.25) is 0 Å². The molecule has 1 N–H and O–H groups in total. The van der Waals surface area contributed by atoms with Crippen molar-refractivity contribution in [2.45, 2.75) is 18.9 Å². The Morgan fingerprint density at radius 1 is 0.971 bits per heavy atom. The van der Waals surface area contributed by atoms with Gasteiger partial charge in [-0.1, -0.05) is 54.6 Å². The highest BCUT2D eigenvalue weighted by Crippen LogP contribution is 2.53. The molecule has 1 saturated carbocycles. The zero-order chi connectivity index (χ0) is 24.5. The predicted molar refractivity (Wildman–Crippen MR) is 126 cm³/mol. The third-order valence-corrected chi connectivity index (χ3v) is 7.09. The normalized spacial score (nSPS) is 24.9. The third kappa shape index (κ3) is 4.20. The van der Waals surface area contributed by atoms with Gasteiger partial charge in [0.15, 0.2) is 6.61 Å². The topological polar surface area (TPSA) is 102 Å². The van der Waals surface area contributed by atoms with Gasteiger partial charge in [0.25, 0.3) is 5.91 Å². The summed E-state index contributed by atoms with van der Waals surface area (Å²) in [5, 5.41) is 2.65. The number of rotatable bonds is 8. The van der Waals surface area contributed by atoms with Crippen LogP contribution in [0.4, 0.5) is 5.69 Å². The van der Waals surface area contributed by atoms with Crippen LogP contribution in [-0.4, -0.2) is 48.3 Å². The lowest BCUT2D eigenvalue weighted by molar-refractivity contribution is -0.160. The number of imide groups is 1. The van der Waals surface area contributed by atoms with Gasteiger partial charge >= 0.3 is 5.97 Å². The Morgan fingerprint density at radius 3 is 2.26 bits per heavy atom. The van der Waals surface area contributed by atoms with Gasteiger partial charge in [-0.3, -0.25) is 19.3 Å². The summed E-state index contributed by atoms with van der Waals surface area (Å²) < 4.78 is 10.5. The first-order valence-electron chi connectivity index (χ1n) is 11.7. The number of allylic oxidation sites excluding steroid dienone is 2. The summed E-state index contributed by atoms with van der Waals surface area (Å²) in [6.45, 7) is -0.557. The number of methoxy groups -OCH3 is 1. The first-order valence-corrected chi connectivity index (χ1v) is 11.7. The Labute approximate surface area is 202 Å². The van der Waals surface area contributed by atoms with E-state index in [0.717, 1.165) is 16.9 Å². The third-order valence-electron chi connectivity index (χ3n) is 7.09. The molecule has 2 aliphatic carbocycles. The van der Waals surface area contributed by atoms with Crippen LogP contribution in [0.3, 0.4) is 0 Å². The standard InChI is InChI=1S/C27H26N2O6/c1-34-21-10-6-5-9-19(21)28-22(30)15-35-27(33)20(13-16-7-3-2-4-8-16)29-25(31)23-17-11-12-18(14-17)24(23)26(29)32/h2-12,17-18,20,23-24H,13-15H2,1H3,(H,28,30)/t17-,18-,20+,23-,24+/m0/s1. The van der Waals surface area contributed by atoms with E-state index in [1.807, 2.05) is 42.5 Å². The number of carbonyl (C=O) groups excluding carboxylic acids is 4. The number of hydrogen-bond acceptors (Lipinski definition) is 6. The Bertz CT molecular complexity index is 1160. The quantitative estimate of drug-likeness (QED) is 0.359. The molecule has 0 aromatic heterocycles. The predicted octanol–water partition coefficient (Wildman–Crippen LogP) is 2.60. The summed E-state index contributed by atoms with van der Waals surface area (Å²) in [6.07, 6.45) is 4.94. The lowest BCUT2D eigenvalue weighted by Gasteiger charge is -2.26. The molecular formula is C27H26N2O6. The molecule has 180 valence electrons. The Balaban J connectivity index is 1.32. The van der Waals surface area contributed by atoms with Gasteiger partial charge in [0, 0.05) is 6.42 Å². The van der Waals surface area contributed by atoms with E-state index >= 15 is 0 Å². The van der Waals surface area contributed by atoms with Gasteiger partial charge in [0.1, 0.15) is 11.8 Å². The van der Waals surface area contributed by atoms with Crippen molar-refractivity contribution in [2.24, 2.45) is 23.7 Å². The molecule has 3 aliphatic rings. The van der Waals surface area contributed by atoms with E-state index in [0.29, 0.717) is 11.4 Å². The molecular weight excluding hydrogens is 448 g/mol. The molecule has 2 aromatic carbocycles. The van der Waals surface area contributed by atoms with Crippen molar-refractivity contribution in [3.63, 3.8) is 0 Å². The number of nitrogens with zero attached hydrogens (tertiary/aromatic N) is 1. The summed E-state index contributed by atoms with van der Waals surface area (Å²) in [7, 11) is 1.49. The van der Waals surface area contributed by atoms with Crippen LogP contribution in [0, 0.1) is 23.7 Å². The number of esters is 1. The van der Waals surface area contributed by atoms with Crippen LogP contribution < -0.4 is 10.1 Å². The molecule has 1 saturated heterocycles. The van der Waals surface area contributed by atoms with E-state index in [2.05, 4.69) is 5.32 Å². The summed E-state index contributed by atoms with van der Waals surface area (Å²) in [5.41, 5.74) is 1.23. The SMILES string of the molecule is COc1ccccc1NC(=O)COC(=O)[C@@H](Cc1ccccc1)N1C(=O)[C@@H]2[C@H](C1=O)[C@H]1C=C[C@H]2C1. The van der Waals surface area contributed by atoms with Gasteiger partial charge in [0.2, 0.25) is 11.8 Å². The summed E-state index contributed by atoms with van der Waals surface area (Å²) in [6, 6.07) is 14.9. The van der Waals surface area contributed by atoms with E-state index in [1.54, 1.807) is 24.3 Å². The first kappa shape index (κ1) is 22.8. The number of fused-ring (bicyclic) bond motifs is 5. The molecule has 5 rings (SSSR count). The van der Waals surface area contributed by atoms with Crippen molar-refractivity contribution in [1.82, 2.24) is 4.90 Å². The Kier molecular flexibility index (Phi) is 6.11. The fraction of sp³-hybridized carbons (Fsp3) is 0.333. The van der Waals surface area contributed by atoms with Crippen LogP contribution in [0.15, 0.2) is 66.7 Å². The maximum absolute atomic E-state index is 13.3. The number of nitrogens with one attached hydrogen (secondary N) is 1. The molecule has 8 nitrogen and oxygen atoms in total. The molecule has 5 atom stereocenters. The van der Waals surface area contributed by atoms with Crippen LogP contribution in [0.1, 0.15) is 12.0 Å². The van der Waals surface area contributed by atoms with Crippen molar-refractivity contribution >= 4 is 29.4 Å². The van der Waals surface area contributed by atoms with Gasteiger partial charge in [-0.2, -0.15) is 0 Å². The molecule has 8 heteroatoms. The van der Waals surface area contributed by atoms with E-state index in [9.17, 15) is 19.2 Å². The highest BCUT2D eigenvalue weighted by molar-refractivity contribution is 6.09. The maximum atomic E-state index is 13.3. The van der Waals surface area contributed by atoms with Gasteiger partial charge in [-0.15, -0.1) is 0 Å². The number of ether oxygens (including phenoxy) is 2. The number of amides is 3. The number of likely N-dealkylation sites (tertiary alicyclic amines) is 1. The van der Waals surface area contributed by atoms with Gasteiger partial charge in [-0.05, 0) is 36.0 Å². The first-order chi connectivity index (χ1) is 17.0. The average Bonchev–Trinajstić information content (AvgIpc) is 3.56. The number of carbonyl (C=O) groups is 4. The molecule has 35 heavy (non-hydrogen) atoms. The van der Waals surface area contributed by atoms with Gasteiger partial charge in [-0.25, -0.2) is 4.79 Å². The van der Waals surface area contributed by atoms with Crippen LogP contribution >= 0.6 is 0 Å². The molecule has 3 amide bonds. The molecule has 2 aromatic rings. The second-order valence-corrected chi connectivity index (χ2v) is 9.11. The van der Waals surface area contributed by atoms with Crippen molar-refractivity contribution < 1.29 is 28.7 Å². The smallest absolute Gasteiger partial charge is 0.330 e. The fourth-order valence-electron chi connectivity index (χ4n) is 5.52. The van der Waals surface area contributed by atoms with Crippen molar-refractivity contribution in [2.75, 3.05) is 19.0 Å². The molecule has 0 spiro atoms. The summed E-state index contributed by atoms with van der Waals surface area (Å²) in [5.74, 6) is -2.29. The number of benzene rings is 2. The Hall–Kier alpha value is -3.94. The average molecular weight is 475 g/mol. The monoisotopic (exact) mass is 474 g/mol. The van der Waals surface area contributed by atoms with Crippen molar-refractivity contribution in [1.29, 1.82) is 0 Å². The number of anilines is 1. The summed E-state index contributed by atoms with van der Waals surface area (Å²) >= 11 is 0. The van der Waals surface area contributed by atoms with Crippen molar-refractivity contribution in [3.8, 4) is 5.75 Å². The lowest BCUT2D eigenvalue weighted by atomic mass is 9.85. The highest BCUT2D eigenvalue weighted by atomic mass is 16.5. The maximum Gasteiger partial charge on any atom is 0.330 e. The fourth-order valence-corrected chi connectivity index (χ4v) is 5.52. The minimum Gasteiger partial charge on any atom is -0.495 e. The summed E-state index contributed by atoms with van der Waals surface area (Å²) in [4.78, 5) is 53.5. The minimum absolute atomic E-state index is 0.0338. The molecule has 0 radical (unpaired) electrons.